The molecule has 3 fully saturated rings. The van der Waals surface area contributed by atoms with Crippen LogP contribution in [0.3, 0.4) is 0 Å². The highest BCUT2D eigenvalue weighted by Gasteiger charge is 2.37. The van der Waals surface area contributed by atoms with Gasteiger partial charge in [0.1, 0.15) is 0 Å². The quantitative estimate of drug-likeness (QED) is 0.248. The normalized spacial score (nSPS) is 33.4. The molecule has 34 heavy (non-hydrogen) atoms. The molecular weight excluding hydrogens is 424 g/mol. The summed E-state index contributed by atoms with van der Waals surface area (Å²) >= 11 is 0. The number of ether oxygens (including phenoxy) is 1. The van der Waals surface area contributed by atoms with Crippen molar-refractivity contribution in [1.29, 1.82) is 0 Å². The van der Waals surface area contributed by atoms with Crippen molar-refractivity contribution in [3.05, 3.63) is 35.5 Å². The predicted molar refractivity (Wildman–Crippen MR) is 140 cm³/mol. The summed E-state index contributed by atoms with van der Waals surface area (Å²) < 4.78 is 6.17. The Kier molecular flexibility index (Phi) is 10.9. The third-order valence-corrected chi connectivity index (χ3v) is 8.82. The van der Waals surface area contributed by atoms with Gasteiger partial charge >= 0.3 is 0 Å². The molecule has 0 bridgehead atoms. The number of aliphatic hydroxyl groups is 3. The van der Waals surface area contributed by atoms with Crippen LogP contribution in [0, 0.1) is 5.41 Å². The lowest BCUT2D eigenvalue weighted by atomic mass is 9.63. The Bertz CT molecular complexity index is 683. The molecule has 0 aromatic rings. The summed E-state index contributed by atoms with van der Waals surface area (Å²) in [6.45, 7) is 4.85. The van der Waals surface area contributed by atoms with E-state index in [4.69, 9.17) is 4.74 Å². The number of hydrogen-bond donors (Lipinski definition) is 3. The van der Waals surface area contributed by atoms with Gasteiger partial charge in [0.25, 0.3) is 0 Å². The SMILES string of the molecule is CCC(O)(CC)CCC/C=C/COC1CCC2(CCC/C(=C\C=C3C[C@@H](O)C[C@@H](O)C3)C2)CC1. The molecule has 0 saturated heterocycles. The highest BCUT2D eigenvalue weighted by molar-refractivity contribution is 5.22. The molecule has 0 radical (unpaired) electrons. The lowest BCUT2D eigenvalue weighted by Crippen LogP contribution is -2.33. The summed E-state index contributed by atoms with van der Waals surface area (Å²) in [7, 11) is 0. The van der Waals surface area contributed by atoms with Crippen molar-refractivity contribution in [3.8, 4) is 0 Å². The van der Waals surface area contributed by atoms with Crippen LogP contribution >= 0.6 is 0 Å². The van der Waals surface area contributed by atoms with E-state index >= 15 is 0 Å². The zero-order valence-electron chi connectivity index (χ0n) is 21.8. The van der Waals surface area contributed by atoms with E-state index < -0.39 is 17.8 Å². The van der Waals surface area contributed by atoms with E-state index in [0.717, 1.165) is 32.1 Å². The highest BCUT2D eigenvalue weighted by atomic mass is 16.5. The van der Waals surface area contributed by atoms with Gasteiger partial charge in [0.15, 0.2) is 0 Å². The first-order chi connectivity index (χ1) is 16.4. The Morgan fingerprint density at radius 1 is 0.971 bits per heavy atom. The molecule has 2 atom stereocenters. The van der Waals surface area contributed by atoms with Crippen molar-refractivity contribution in [2.75, 3.05) is 6.61 Å². The molecule has 3 rings (SSSR count). The number of rotatable bonds is 10. The van der Waals surface area contributed by atoms with E-state index in [1.54, 1.807) is 5.57 Å². The maximum Gasteiger partial charge on any atom is 0.0651 e. The van der Waals surface area contributed by atoms with Crippen LogP contribution in [0.5, 0.6) is 0 Å². The molecule has 4 heteroatoms. The van der Waals surface area contributed by atoms with Crippen LogP contribution in [0.15, 0.2) is 35.5 Å². The standard InChI is InChI=1S/C30H50O4/c1-3-30(33,4-2)16-7-5-6-8-19-34-28-13-17-29(18-14-28)15-9-10-24(23-29)11-12-25-20-26(31)22-27(32)21-25/h6,8,11-12,26-28,31-33H,3-5,7,9-10,13-23H2,1-2H3/b8-6+,24-11+,25-12?/t26-,27+,28?,29?. The molecule has 0 aromatic heterocycles. The lowest BCUT2D eigenvalue weighted by Gasteiger charge is -2.43. The first-order valence-corrected chi connectivity index (χ1v) is 14.1. The Labute approximate surface area is 208 Å². The van der Waals surface area contributed by atoms with Gasteiger partial charge in [-0.2, -0.15) is 0 Å². The summed E-state index contributed by atoms with van der Waals surface area (Å²) in [4.78, 5) is 0. The fourth-order valence-electron chi connectivity index (χ4n) is 6.36. The third-order valence-electron chi connectivity index (χ3n) is 8.82. The second-order valence-corrected chi connectivity index (χ2v) is 11.5. The Morgan fingerprint density at radius 3 is 2.32 bits per heavy atom. The van der Waals surface area contributed by atoms with E-state index in [1.807, 2.05) is 0 Å². The average Bonchev–Trinajstić information content (AvgIpc) is 2.83. The zero-order chi connectivity index (χ0) is 24.4. The molecule has 1 spiro atoms. The van der Waals surface area contributed by atoms with Gasteiger partial charge in [-0.3, -0.25) is 0 Å². The molecule has 0 aromatic carbocycles. The first kappa shape index (κ1) is 27.6. The van der Waals surface area contributed by atoms with Crippen molar-refractivity contribution in [3.63, 3.8) is 0 Å². The van der Waals surface area contributed by atoms with E-state index in [-0.39, 0.29) is 0 Å². The fourth-order valence-corrected chi connectivity index (χ4v) is 6.36. The number of unbranched alkanes of at least 4 members (excludes halogenated alkanes) is 1. The number of aliphatic hydroxyl groups excluding tert-OH is 2. The molecule has 3 aliphatic carbocycles. The van der Waals surface area contributed by atoms with Crippen LogP contribution in [-0.4, -0.2) is 45.8 Å². The maximum absolute atomic E-state index is 10.4. The monoisotopic (exact) mass is 474 g/mol. The van der Waals surface area contributed by atoms with Crippen molar-refractivity contribution < 1.29 is 20.1 Å². The molecule has 0 aliphatic heterocycles. The lowest BCUT2D eigenvalue weighted by molar-refractivity contribution is 0.00274. The van der Waals surface area contributed by atoms with Gasteiger partial charge in [0.05, 0.1) is 30.5 Å². The summed E-state index contributed by atoms with van der Waals surface area (Å²) in [6, 6.07) is 0. The minimum Gasteiger partial charge on any atom is -0.393 e. The van der Waals surface area contributed by atoms with E-state index in [1.165, 1.54) is 56.9 Å². The molecule has 0 amide bonds. The minimum absolute atomic E-state index is 0.390. The van der Waals surface area contributed by atoms with Crippen LogP contribution < -0.4 is 0 Å². The topological polar surface area (TPSA) is 69.9 Å². The van der Waals surface area contributed by atoms with Gasteiger partial charge in [-0.25, -0.2) is 0 Å². The van der Waals surface area contributed by atoms with Crippen LogP contribution in [0.1, 0.15) is 117 Å². The number of hydrogen-bond acceptors (Lipinski definition) is 4. The molecular formula is C30H50O4. The minimum atomic E-state index is -0.478. The van der Waals surface area contributed by atoms with Gasteiger partial charge < -0.3 is 20.1 Å². The van der Waals surface area contributed by atoms with E-state index in [9.17, 15) is 15.3 Å². The summed E-state index contributed by atoms with van der Waals surface area (Å²) in [6.07, 6.45) is 24.9. The second kappa shape index (κ2) is 13.4. The zero-order valence-corrected chi connectivity index (χ0v) is 21.8. The smallest absolute Gasteiger partial charge is 0.0651 e. The van der Waals surface area contributed by atoms with Gasteiger partial charge in [0, 0.05) is 0 Å². The third kappa shape index (κ3) is 8.62. The second-order valence-electron chi connectivity index (χ2n) is 11.5. The molecule has 0 unspecified atom stereocenters. The van der Waals surface area contributed by atoms with Gasteiger partial charge in [-0.15, -0.1) is 0 Å². The van der Waals surface area contributed by atoms with Crippen molar-refractivity contribution in [1.82, 2.24) is 0 Å². The Hall–Kier alpha value is -0.940. The average molecular weight is 475 g/mol. The molecule has 194 valence electrons. The van der Waals surface area contributed by atoms with Gasteiger partial charge in [-0.05, 0) is 108 Å². The summed E-state index contributed by atoms with van der Waals surface area (Å²) in [5, 5.41) is 30.2. The highest BCUT2D eigenvalue weighted by Crippen LogP contribution is 2.49. The molecule has 3 aliphatic rings. The molecule has 4 nitrogen and oxygen atoms in total. The van der Waals surface area contributed by atoms with E-state index in [2.05, 4.69) is 38.2 Å². The molecule has 3 saturated carbocycles. The molecule has 0 heterocycles. The largest absolute Gasteiger partial charge is 0.393 e. The van der Waals surface area contributed by atoms with Crippen molar-refractivity contribution in [2.24, 2.45) is 5.41 Å². The predicted octanol–water partition coefficient (Wildman–Crippen LogP) is 6.54. The molecule has 3 N–H and O–H groups in total. The first-order valence-electron chi connectivity index (χ1n) is 14.1. The van der Waals surface area contributed by atoms with Crippen LogP contribution in [0.25, 0.3) is 0 Å². The van der Waals surface area contributed by atoms with Gasteiger partial charge in [-0.1, -0.05) is 49.3 Å². The fraction of sp³-hybridized carbons (Fsp3) is 0.800. The van der Waals surface area contributed by atoms with Crippen LogP contribution in [0.4, 0.5) is 0 Å². The summed E-state index contributed by atoms with van der Waals surface area (Å²) in [5.41, 5.74) is 2.72. The van der Waals surface area contributed by atoms with Crippen LogP contribution in [-0.2, 0) is 4.74 Å². The van der Waals surface area contributed by atoms with Gasteiger partial charge in [0.2, 0.25) is 0 Å². The summed E-state index contributed by atoms with van der Waals surface area (Å²) in [5.74, 6) is 0. The number of allylic oxidation sites excluding steroid dienone is 4. The maximum atomic E-state index is 10.4. The van der Waals surface area contributed by atoms with Crippen molar-refractivity contribution in [2.45, 2.75) is 140 Å². The Morgan fingerprint density at radius 2 is 1.65 bits per heavy atom. The Balaban J connectivity index is 1.36. The van der Waals surface area contributed by atoms with Crippen LogP contribution in [0.2, 0.25) is 0 Å². The van der Waals surface area contributed by atoms with E-state index in [0.29, 0.717) is 37.4 Å². The van der Waals surface area contributed by atoms with Crippen molar-refractivity contribution >= 4 is 0 Å².